The second kappa shape index (κ2) is 3.81. The first-order chi connectivity index (χ1) is 4.22. The molecule has 0 aliphatic carbocycles. The molecule has 1 unspecified atom stereocenters. The van der Waals surface area contributed by atoms with Crippen LogP contribution in [0.2, 0.25) is 0 Å². The Hall–Kier alpha value is -0.250. The van der Waals surface area contributed by atoms with Gasteiger partial charge >= 0.3 is 6.09 Å². The summed E-state index contributed by atoms with van der Waals surface area (Å²) >= 11 is 0. The summed E-state index contributed by atoms with van der Waals surface area (Å²) in [5.41, 5.74) is 0. The van der Waals surface area contributed by atoms with Gasteiger partial charge in [-0.15, -0.1) is 12.4 Å². The monoisotopic (exact) mass is 187 g/mol. The molecule has 1 rings (SSSR count). The fraction of sp³-hybridized carbons (Fsp3) is 0.667. The normalized spacial score (nSPS) is 19.7. The van der Waals surface area contributed by atoms with Crippen molar-refractivity contribution in [3.63, 3.8) is 0 Å². The van der Waals surface area contributed by atoms with Crippen LogP contribution >= 0.6 is 20.6 Å². The smallest absolute Gasteiger partial charge is 0.416 e. The van der Waals surface area contributed by atoms with E-state index in [4.69, 9.17) is 4.89 Å². The Morgan fingerprint density at radius 1 is 1.70 bits per heavy atom. The van der Waals surface area contributed by atoms with Gasteiger partial charge in [0.2, 0.25) is 0 Å². The number of amides is 1. The number of cyclic esters (lactones) is 1. The van der Waals surface area contributed by atoms with E-state index in [9.17, 15) is 9.36 Å². The third-order valence-corrected chi connectivity index (χ3v) is 1.86. The Labute approximate surface area is 64.3 Å². The van der Waals surface area contributed by atoms with Crippen LogP contribution < -0.4 is 0 Å². The van der Waals surface area contributed by atoms with Crippen LogP contribution in [0.15, 0.2) is 0 Å². The average Bonchev–Trinajstić information content (AvgIpc) is 2.13. The average molecular weight is 188 g/mol. The first-order valence-electron chi connectivity index (χ1n) is 2.39. The predicted octanol–water partition coefficient (Wildman–Crippen LogP) is 0.242. The van der Waals surface area contributed by atoms with Crippen molar-refractivity contribution in [3.8, 4) is 0 Å². The molecule has 1 N–H and O–H groups in total. The minimum atomic E-state index is -2.85. The summed E-state index contributed by atoms with van der Waals surface area (Å²) in [6.07, 6.45) is -0.693. The Morgan fingerprint density at radius 2 is 2.30 bits per heavy atom. The molecule has 0 aromatic rings. The molecule has 7 heteroatoms. The van der Waals surface area contributed by atoms with Crippen molar-refractivity contribution in [1.29, 1.82) is 0 Å². The molecular formula is C3H7ClNO4P. The van der Waals surface area contributed by atoms with E-state index in [2.05, 4.69) is 4.74 Å². The molecule has 1 heterocycles. The van der Waals surface area contributed by atoms with Gasteiger partial charge in [-0.25, -0.2) is 9.46 Å². The van der Waals surface area contributed by atoms with Crippen LogP contribution in [0.5, 0.6) is 0 Å². The van der Waals surface area contributed by atoms with E-state index < -0.39 is 14.3 Å². The second-order valence-corrected chi connectivity index (χ2v) is 2.65. The van der Waals surface area contributed by atoms with E-state index in [1.54, 1.807) is 0 Å². The molecule has 10 heavy (non-hydrogen) atoms. The Bertz CT molecular complexity index is 163. The Kier molecular flexibility index (Phi) is 3.71. The Morgan fingerprint density at radius 3 is 2.50 bits per heavy atom. The van der Waals surface area contributed by atoms with Crippen molar-refractivity contribution in [3.05, 3.63) is 0 Å². The zero-order valence-electron chi connectivity index (χ0n) is 4.94. The molecule has 1 saturated heterocycles. The lowest BCUT2D eigenvalue weighted by Crippen LogP contribution is -2.14. The first kappa shape index (κ1) is 9.75. The van der Waals surface area contributed by atoms with Crippen molar-refractivity contribution in [1.82, 2.24) is 4.67 Å². The zero-order chi connectivity index (χ0) is 6.85. The van der Waals surface area contributed by atoms with E-state index in [-0.39, 0.29) is 25.6 Å². The van der Waals surface area contributed by atoms with Gasteiger partial charge < -0.3 is 9.63 Å². The van der Waals surface area contributed by atoms with Gasteiger partial charge in [-0.05, 0) is 0 Å². The maximum Gasteiger partial charge on any atom is 0.416 e. The quantitative estimate of drug-likeness (QED) is 0.598. The van der Waals surface area contributed by atoms with Crippen molar-refractivity contribution < 1.29 is 19.0 Å². The number of hydrogen-bond donors (Lipinski definition) is 1. The highest BCUT2D eigenvalue weighted by molar-refractivity contribution is 7.36. The highest BCUT2D eigenvalue weighted by Crippen LogP contribution is 2.24. The van der Waals surface area contributed by atoms with Crippen LogP contribution in [0.25, 0.3) is 0 Å². The summed E-state index contributed by atoms with van der Waals surface area (Å²) in [5, 5.41) is 0. The van der Waals surface area contributed by atoms with Crippen molar-refractivity contribution in [2.45, 2.75) is 0 Å². The summed E-state index contributed by atoms with van der Waals surface area (Å²) in [4.78, 5) is 18.8. The molecule has 1 fully saturated rings. The largest absolute Gasteiger partial charge is 0.447 e. The highest BCUT2D eigenvalue weighted by atomic mass is 35.5. The number of hydrogen-bond acceptors (Lipinski definition) is 3. The SMILES string of the molecule is Cl.O=C1OCCN1[PH](=O)O. The van der Waals surface area contributed by atoms with Gasteiger partial charge in [0.15, 0.2) is 0 Å². The van der Waals surface area contributed by atoms with Gasteiger partial charge in [-0.1, -0.05) is 0 Å². The minimum Gasteiger partial charge on any atom is -0.447 e. The molecule has 0 saturated carbocycles. The van der Waals surface area contributed by atoms with Gasteiger partial charge in [0, 0.05) is 0 Å². The van der Waals surface area contributed by atoms with Crippen molar-refractivity contribution in [2.75, 3.05) is 13.2 Å². The van der Waals surface area contributed by atoms with E-state index in [1.807, 2.05) is 0 Å². The summed E-state index contributed by atoms with van der Waals surface area (Å²) in [5.74, 6) is 0. The van der Waals surface area contributed by atoms with Crippen LogP contribution in [0, 0.1) is 0 Å². The van der Waals surface area contributed by atoms with Crippen LogP contribution in [0.3, 0.4) is 0 Å². The third-order valence-electron chi connectivity index (χ3n) is 0.992. The van der Waals surface area contributed by atoms with Crippen LogP contribution in [0.1, 0.15) is 0 Å². The van der Waals surface area contributed by atoms with Gasteiger partial charge in [0.25, 0.3) is 8.18 Å². The number of carbonyl (C=O) groups excluding carboxylic acids is 1. The van der Waals surface area contributed by atoms with Crippen LogP contribution in [0.4, 0.5) is 4.79 Å². The van der Waals surface area contributed by atoms with Crippen molar-refractivity contribution in [2.24, 2.45) is 0 Å². The maximum absolute atomic E-state index is 10.4. The van der Waals surface area contributed by atoms with Crippen LogP contribution in [-0.2, 0) is 9.30 Å². The zero-order valence-corrected chi connectivity index (χ0v) is 6.76. The fourth-order valence-electron chi connectivity index (χ4n) is 0.567. The van der Waals surface area contributed by atoms with Gasteiger partial charge in [-0.2, -0.15) is 0 Å². The standard InChI is InChI=1S/C3H6NO4P.ClH/c5-3-4(9(6)7)1-2-8-3;/h9H,1-2H2,(H,6,7);1H. The summed E-state index contributed by atoms with van der Waals surface area (Å²) in [6.45, 7) is 0.447. The molecule has 60 valence electrons. The fourth-order valence-corrected chi connectivity index (χ4v) is 1.07. The molecule has 0 bridgehead atoms. The molecule has 1 aliphatic heterocycles. The molecule has 5 nitrogen and oxygen atoms in total. The molecule has 0 radical (unpaired) electrons. The first-order valence-corrected chi connectivity index (χ1v) is 3.69. The molecule has 1 atom stereocenters. The summed E-state index contributed by atoms with van der Waals surface area (Å²) in [7, 11) is -2.85. The van der Waals surface area contributed by atoms with Gasteiger partial charge in [0.05, 0.1) is 6.54 Å². The topological polar surface area (TPSA) is 66.8 Å². The molecule has 0 aromatic carbocycles. The number of carbonyl (C=O) groups is 1. The molecule has 1 aliphatic rings. The molecule has 0 spiro atoms. The second-order valence-electron chi connectivity index (χ2n) is 1.55. The lowest BCUT2D eigenvalue weighted by atomic mass is 10.7. The van der Waals surface area contributed by atoms with Crippen LogP contribution in [-0.4, -0.2) is 28.8 Å². The van der Waals surface area contributed by atoms with E-state index in [1.165, 1.54) is 0 Å². The number of nitrogens with zero attached hydrogens (tertiary/aromatic N) is 1. The lowest BCUT2D eigenvalue weighted by Gasteiger charge is -2.04. The molecule has 0 aromatic heterocycles. The molecule has 1 amide bonds. The molecular weight excluding hydrogens is 180 g/mol. The van der Waals surface area contributed by atoms with Gasteiger partial charge in [-0.3, -0.25) is 4.57 Å². The van der Waals surface area contributed by atoms with E-state index in [0.717, 1.165) is 4.67 Å². The number of halogens is 1. The van der Waals surface area contributed by atoms with Gasteiger partial charge in [0.1, 0.15) is 6.61 Å². The van der Waals surface area contributed by atoms with E-state index in [0.29, 0.717) is 0 Å². The number of rotatable bonds is 1. The number of ether oxygens (including phenoxy) is 1. The lowest BCUT2D eigenvalue weighted by molar-refractivity contribution is 0.169. The summed E-state index contributed by atoms with van der Waals surface area (Å²) in [6, 6.07) is 0. The highest BCUT2D eigenvalue weighted by Gasteiger charge is 2.24. The Balaban J connectivity index is 0.000000810. The summed E-state index contributed by atoms with van der Waals surface area (Å²) < 4.78 is 15.4. The van der Waals surface area contributed by atoms with E-state index >= 15 is 0 Å². The predicted molar refractivity (Wildman–Crippen MR) is 36.5 cm³/mol. The van der Waals surface area contributed by atoms with Crippen molar-refractivity contribution >= 4 is 26.7 Å². The minimum absolute atomic E-state index is 0. The maximum atomic E-state index is 10.4. The third kappa shape index (κ3) is 1.87.